The Balaban J connectivity index is 1.63. The second kappa shape index (κ2) is 11.4. The predicted molar refractivity (Wildman–Crippen MR) is 130 cm³/mol. The van der Waals surface area contributed by atoms with E-state index >= 15 is 0 Å². The number of piperidine rings is 1. The van der Waals surface area contributed by atoms with Gasteiger partial charge in [-0.3, -0.25) is 9.59 Å². The molecule has 38 heavy (non-hydrogen) atoms. The third-order valence-corrected chi connectivity index (χ3v) is 7.40. The first-order valence-corrected chi connectivity index (χ1v) is 12.5. The van der Waals surface area contributed by atoms with Crippen LogP contribution in [0, 0.1) is 5.82 Å². The second-order valence-electron chi connectivity index (χ2n) is 9.91. The van der Waals surface area contributed by atoms with Crippen LogP contribution >= 0.6 is 0 Å². The molecule has 208 valence electrons. The van der Waals surface area contributed by atoms with Gasteiger partial charge in [0.05, 0.1) is 22.9 Å². The highest BCUT2D eigenvalue weighted by Crippen LogP contribution is 2.48. The summed E-state index contributed by atoms with van der Waals surface area (Å²) in [5, 5.41) is 5.71. The number of rotatable bonds is 10. The molecule has 1 atom stereocenters. The van der Waals surface area contributed by atoms with E-state index in [1.54, 1.807) is 0 Å². The lowest BCUT2D eigenvalue weighted by Gasteiger charge is -2.32. The van der Waals surface area contributed by atoms with E-state index in [0.717, 1.165) is 22.9 Å². The van der Waals surface area contributed by atoms with Crippen LogP contribution in [0.3, 0.4) is 0 Å². The van der Waals surface area contributed by atoms with E-state index in [9.17, 15) is 35.9 Å². The van der Waals surface area contributed by atoms with Gasteiger partial charge in [-0.2, -0.15) is 0 Å². The molecule has 12 heteroatoms. The number of carbonyl (C=O) groups excluding carboxylic acids is 1. The van der Waals surface area contributed by atoms with Crippen LogP contribution in [0.1, 0.15) is 66.6 Å². The summed E-state index contributed by atoms with van der Waals surface area (Å²) >= 11 is 0. The predicted octanol–water partition coefficient (Wildman–Crippen LogP) is 5.02. The van der Waals surface area contributed by atoms with Crippen molar-refractivity contribution >= 4 is 11.6 Å². The van der Waals surface area contributed by atoms with Crippen LogP contribution in [0.4, 0.5) is 32.0 Å². The van der Waals surface area contributed by atoms with Gasteiger partial charge in [0.25, 0.3) is 24.3 Å². The van der Waals surface area contributed by atoms with Gasteiger partial charge < -0.3 is 20.1 Å². The van der Waals surface area contributed by atoms with Gasteiger partial charge in [-0.15, -0.1) is 0 Å². The highest BCUT2D eigenvalue weighted by molar-refractivity contribution is 5.99. The minimum atomic E-state index is -3.04. The van der Waals surface area contributed by atoms with Crippen LogP contribution in [-0.2, 0) is 5.54 Å². The number of pyridine rings is 1. The molecule has 0 radical (unpaired) electrons. The summed E-state index contributed by atoms with van der Waals surface area (Å²) in [5.41, 5.74) is -3.31. The zero-order chi connectivity index (χ0) is 27.6. The molecule has 1 unspecified atom stereocenters. The molecular formula is C26H30F6N4O2. The van der Waals surface area contributed by atoms with E-state index in [-0.39, 0.29) is 35.7 Å². The Morgan fingerprint density at radius 2 is 1.79 bits per heavy atom. The van der Waals surface area contributed by atoms with Crippen molar-refractivity contribution in [2.24, 2.45) is 0 Å². The van der Waals surface area contributed by atoms with E-state index in [4.69, 9.17) is 0 Å². The van der Waals surface area contributed by atoms with Crippen molar-refractivity contribution in [1.29, 1.82) is 0 Å². The molecule has 1 saturated heterocycles. The van der Waals surface area contributed by atoms with Crippen molar-refractivity contribution in [3.05, 3.63) is 63.3 Å². The first-order chi connectivity index (χ1) is 18.1. The number of hydrogen-bond donors (Lipinski definition) is 2. The number of hydrogen-bond acceptors (Lipinski definition) is 4. The van der Waals surface area contributed by atoms with Crippen molar-refractivity contribution in [2.75, 3.05) is 31.6 Å². The van der Waals surface area contributed by atoms with Gasteiger partial charge in [0.1, 0.15) is 18.0 Å². The Bertz CT molecular complexity index is 1210. The second-order valence-corrected chi connectivity index (χ2v) is 9.91. The Morgan fingerprint density at radius 1 is 1.13 bits per heavy atom. The summed E-state index contributed by atoms with van der Waals surface area (Å²) in [5.74, 6) is -1.93. The molecule has 1 aliphatic carbocycles. The SMILES string of the molecule is CC(NC(=O)c1cn(C2(C(F)F)CC2)c(=O)cc1NC1CCN(CCF)CC1)c1cccc(C(F)F)c1F. The normalized spacial score (nSPS) is 18.6. The highest BCUT2D eigenvalue weighted by Gasteiger charge is 2.53. The Kier molecular flexibility index (Phi) is 8.39. The molecule has 2 fully saturated rings. The lowest BCUT2D eigenvalue weighted by molar-refractivity contribution is 0.0648. The van der Waals surface area contributed by atoms with Crippen LogP contribution in [-0.4, -0.2) is 54.2 Å². The van der Waals surface area contributed by atoms with E-state index in [2.05, 4.69) is 10.6 Å². The first-order valence-electron chi connectivity index (χ1n) is 12.5. The van der Waals surface area contributed by atoms with E-state index in [0.29, 0.717) is 32.5 Å². The Morgan fingerprint density at radius 3 is 2.37 bits per heavy atom. The van der Waals surface area contributed by atoms with Gasteiger partial charge in [-0.25, -0.2) is 26.3 Å². The first kappa shape index (κ1) is 28.0. The topological polar surface area (TPSA) is 66.4 Å². The lowest BCUT2D eigenvalue weighted by atomic mass is 10.0. The van der Waals surface area contributed by atoms with Gasteiger partial charge in [0.15, 0.2) is 0 Å². The number of amides is 1. The summed E-state index contributed by atoms with van der Waals surface area (Å²) in [6, 6.07) is 3.39. The maximum atomic E-state index is 14.7. The van der Waals surface area contributed by atoms with E-state index < -0.39 is 54.0 Å². The summed E-state index contributed by atoms with van der Waals surface area (Å²) < 4.78 is 82.2. The molecule has 1 aromatic heterocycles. The molecule has 2 aliphatic rings. The average Bonchev–Trinajstić information content (AvgIpc) is 3.67. The molecule has 1 aliphatic heterocycles. The maximum absolute atomic E-state index is 14.7. The van der Waals surface area contributed by atoms with Crippen LogP contribution in [0.5, 0.6) is 0 Å². The molecule has 2 heterocycles. The molecular weight excluding hydrogens is 514 g/mol. The number of likely N-dealkylation sites (tertiary alicyclic amines) is 1. The smallest absolute Gasteiger partial charge is 0.266 e. The lowest BCUT2D eigenvalue weighted by Crippen LogP contribution is -2.41. The zero-order valence-corrected chi connectivity index (χ0v) is 20.8. The van der Waals surface area contributed by atoms with Crippen LogP contribution < -0.4 is 16.2 Å². The number of nitrogens with one attached hydrogen (secondary N) is 2. The van der Waals surface area contributed by atoms with E-state index in [1.807, 2.05) is 4.90 Å². The van der Waals surface area contributed by atoms with Crippen molar-refractivity contribution in [1.82, 2.24) is 14.8 Å². The monoisotopic (exact) mass is 544 g/mol. The quantitative estimate of drug-likeness (QED) is 0.413. The number of nitrogens with zero attached hydrogens (tertiary/aromatic N) is 2. The molecule has 2 aromatic rings. The standard InChI is InChI=1S/C26H30F6N4O2/c1-15(17-3-2-4-18(22(17)28)23(29)30)33-24(38)19-14-36(26(7-8-26)25(31)32)21(37)13-20(19)34-16-5-10-35(11-6-16)12-9-27/h2-4,13-16,23,25,34H,5-12H2,1H3,(H,33,38). The third-order valence-electron chi connectivity index (χ3n) is 7.40. The number of alkyl halides is 5. The van der Waals surface area contributed by atoms with Crippen molar-refractivity contribution in [3.8, 4) is 0 Å². The van der Waals surface area contributed by atoms with Crippen molar-refractivity contribution in [3.63, 3.8) is 0 Å². The number of carbonyl (C=O) groups is 1. The third kappa shape index (κ3) is 5.69. The van der Waals surface area contributed by atoms with Crippen LogP contribution in [0.15, 0.2) is 35.3 Å². The molecule has 4 rings (SSSR count). The largest absolute Gasteiger partial charge is 0.381 e. The Labute approximate surface area is 216 Å². The minimum absolute atomic E-state index is 0.0769. The van der Waals surface area contributed by atoms with Gasteiger partial charge >= 0.3 is 0 Å². The summed E-state index contributed by atoms with van der Waals surface area (Å²) in [4.78, 5) is 28.2. The van der Waals surface area contributed by atoms with Gasteiger partial charge in [0, 0.05) is 43.5 Å². The van der Waals surface area contributed by atoms with Crippen LogP contribution in [0.2, 0.25) is 0 Å². The highest BCUT2D eigenvalue weighted by atomic mass is 19.3. The van der Waals surface area contributed by atoms with Crippen molar-refractivity contribution < 1.29 is 31.1 Å². The molecule has 0 bridgehead atoms. The number of anilines is 1. The fraction of sp³-hybridized carbons (Fsp3) is 0.538. The maximum Gasteiger partial charge on any atom is 0.266 e. The fourth-order valence-corrected chi connectivity index (χ4v) is 4.94. The molecule has 0 spiro atoms. The number of halogens is 6. The summed E-state index contributed by atoms with van der Waals surface area (Å²) in [6.07, 6.45) is -3.41. The van der Waals surface area contributed by atoms with Crippen molar-refractivity contribution in [2.45, 2.75) is 63.1 Å². The fourth-order valence-electron chi connectivity index (χ4n) is 4.94. The van der Waals surface area contributed by atoms with Gasteiger partial charge in [-0.05, 0) is 32.6 Å². The van der Waals surface area contributed by atoms with E-state index in [1.165, 1.54) is 19.1 Å². The zero-order valence-electron chi connectivity index (χ0n) is 20.8. The summed E-state index contributed by atoms with van der Waals surface area (Å²) in [7, 11) is 0. The molecule has 1 amide bonds. The average molecular weight is 545 g/mol. The molecule has 2 N–H and O–H groups in total. The van der Waals surface area contributed by atoms with Crippen LogP contribution in [0.25, 0.3) is 0 Å². The summed E-state index contributed by atoms with van der Waals surface area (Å²) in [6.45, 7) is 2.46. The minimum Gasteiger partial charge on any atom is -0.381 e. The number of aromatic nitrogens is 1. The molecule has 1 saturated carbocycles. The van der Waals surface area contributed by atoms with Gasteiger partial charge in [-0.1, -0.05) is 18.2 Å². The van der Waals surface area contributed by atoms with Gasteiger partial charge in [0.2, 0.25) is 0 Å². The molecule has 6 nitrogen and oxygen atoms in total. The molecule has 1 aromatic carbocycles. The Hall–Kier alpha value is -3.02. The number of benzene rings is 1.